The molecule has 1 saturated carbocycles. The van der Waals surface area contributed by atoms with E-state index in [0.717, 1.165) is 5.57 Å². The van der Waals surface area contributed by atoms with Gasteiger partial charge in [0, 0.05) is 35.8 Å². The SMILES string of the molecule is CC[C@@H](O)[C@H]1OC(=O)[C@H](CC)[C@H]2C=C[C@H]3[C@H]4O[C@]2(/C(C)=C/[C@H]1C)[C@@H]3[C@H](O)[C@@H](C)[C@H]4OC(=O)c1cc(Cl)c[nH]1. The Kier molecular flexibility index (Phi) is 7.31. The van der Waals surface area contributed by atoms with Crippen molar-refractivity contribution in [3.8, 4) is 0 Å². The molecule has 0 unspecified atom stereocenters. The summed E-state index contributed by atoms with van der Waals surface area (Å²) >= 11 is 5.99. The topological polar surface area (TPSA) is 118 Å². The summed E-state index contributed by atoms with van der Waals surface area (Å²) in [6.45, 7) is 9.59. The summed E-state index contributed by atoms with van der Waals surface area (Å²) in [5.41, 5.74) is 0.151. The first-order valence-electron chi connectivity index (χ1n) is 13.7. The van der Waals surface area contributed by atoms with Crippen molar-refractivity contribution in [1.29, 1.82) is 0 Å². The molecule has 1 aromatic rings. The first-order valence-corrected chi connectivity index (χ1v) is 14.1. The number of H-pyrrole nitrogens is 1. The van der Waals surface area contributed by atoms with E-state index in [9.17, 15) is 19.8 Å². The van der Waals surface area contributed by atoms with Crippen molar-refractivity contribution in [2.75, 3.05) is 0 Å². The van der Waals surface area contributed by atoms with Gasteiger partial charge in [0.25, 0.3) is 0 Å². The predicted molar refractivity (Wildman–Crippen MR) is 140 cm³/mol. The van der Waals surface area contributed by atoms with Gasteiger partial charge >= 0.3 is 11.9 Å². The number of aromatic nitrogens is 1. The molecule has 38 heavy (non-hydrogen) atoms. The molecular formula is C29H38ClNO7. The van der Waals surface area contributed by atoms with Crippen LogP contribution in [0.5, 0.6) is 0 Å². The zero-order valence-corrected chi connectivity index (χ0v) is 23.2. The summed E-state index contributed by atoms with van der Waals surface area (Å²) in [6.07, 6.45) is 5.03. The van der Waals surface area contributed by atoms with E-state index >= 15 is 0 Å². The minimum Gasteiger partial charge on any atom is -0.459 e. The van der Waals surface area contributed by atoms with Crippen molar-refractivity contribution in [3.05, 3.63) is 46.8 Å². The molecule has 12 atom stereocenters. The van der Waals surface area contributed by atoms with Crippen LogP contribution in [-0.4, -0.2) is 63.3 Å². The lowest BCUT2D eigenvalue weighted by molar-refractivity contribution is -0.168. The predicted octanol–water partition coefficient (Wildman–Crippen LogP) is 4.07. The van der Waals surface area contributed by atoms with Gasteiger partial charge in [-0.3, -0.25) is 4.79 Å². The number of halogens is 1. The number of carbonyl (C=O) groups excluding carboxylic acids is 2. The Morgan fingerprint density at radius 2 is 2.03 bits per heavy atom. The van der Waals surface area contributed by atoms with E-state index in [2.05, 4.69) is 4.98 Å². The Labute approximate surface area is 228 Å². The van der Waals surface area contributed by atoms with Crippen LogP contribution >= 0.6 is 11.6 Å². The molecular weight excluding hydrogens is 510 g/mol. The maximum absolute atomic E-state index is 13.6. The molecule has 4 bridgehead atoms. The zero-order valence-electron chi connectivity index (χ0n) is 22.5. The van der Waals surface area contributed by atoms with Crippen molar-refractivity contribution >= 4 is 23.5 Å². The number of nitrogens with one attached hydrogen (secondary N) is 1. The van der Waals surface area contributed by atoms with Gasteiger partial charge in [-0.15, -0.1) is 0 Å². The van der Waals surface area contributed by atoms with Gasteiger partial charge in [-0.25, -0.2) is 4.79 Å². The van der Waals surface area contributed by atoms with Crippen LogP contribution in [0.15, 0.2) is 36.1 Å². The maximum atomic E-state index is 13.6. The third-order valence-electron chi connectivity index (χ3n) is 9.39. The van der Waals surface area contributed by atoms with E-state index < -0.39 is 53.9 Å². The number of hydrogen-bond acceptors (Lipinski definition) is 7. The highest BCUT2D eigenvalue weighted by Crippen LogP contribution is 2.62. The van der Waals surface area contributed by atoms with Gasteiger partial charge in [0.15, 0.2) is 0 Å². The third-order valence-corrected chi connectivity index (χ3v) is 9.61. The van der Waals surface area contributed by atoms with Crippen molar-refractivity contribution < 1.29 is 34.0 Å². The van der Waals surface area contributed by atoms with E-state index in [1.165, 1.54) is 12.3 Å². The van der Waals surface area contributed by atoms with E-state index in [1.807, 2.05) is 52.8 Å². The number of ether oxygens (including phenoxy) is 3. The van der Waals surface area contributed by atoms with E-state index in [4.69, 9.17) is 25.8 Å². The van der Waals surface area contributed by atoms with E-state index in [-0.39, 0.29) is 35.3 Å². The summed E-state index contributed by atoms with van der Waals surface area (Å²) in [5.74, 6) is -3.05. The average molecular weight is 548 g/mol. The summed E-state index contributed by atoms with van der Waals surface area (Å²) in [6, 6.07) is 1.50. The smallest absolute Gasteiger partial charge is 0.355 e. The monoisotopic (exact) mass is 547 g/mol. The second kappa shape index (κ2) is 10.1. The Bertz CT molecular complexity index is 1150. The van der Waals surface area contributed by atoms with E-state index in [1.54, 1.807) is 0 Å². The standard InChI is InChI=1S/C29H38ClNO7/c1-6-17-19-9-8-18-22-23(33)15(5)25(37-28(35)20-11-16(30)12-31-20)26(18)38-29(19,22)14(4)10-13(3)24(21(32)7-2)36-27(17)34/h8-13,15,17-19,21-26,31-33H,6-7H2,1-5H3/b14-10+/t13-,15-,17-,18-,19-,21-,22+,23-,24+,25-,26-,29+/m1/s1. The summed E-state index contributed by atoms with van der Waals surface area (Å²) in [4.78, 5) is 29.4. The number of aliphatic hydroxyl groups is 2. The van der Waals surface area contributed by atoms with Crippen LogP contribution in [0.4, 0.5) is 0 Å². The van der Waals surface area contributed by atoms with Crippen molar-refractivity contribution in [1.82, 2.24) is 4.98 Å². The Morgan fingerprint density at radius 1 is 1.29 bits per heavy atom. The lowest BCUT2D eigenvalue weighted by Gasteiger charge is -2.49. The second-order valence-electron chi connectivity index (χ2n) is 11.4. The fourth-order valence-electron chi connectivity index (χ4n) is 7.46. The Morgan fingerprint density at radius 3 is 2.66 bits per heavy atom. The van der Waals surface area contributed by atoms with Gasteiger partial charge in [0.2, 0.25) is 0 Å². The number of carbonyl (C=O) groups is 2. The molecule has 3 N–H and O–H groups in total. The maximum Gasteiger partial charge on any atom is 0.355 e. The first kappa shape index (κ1) is 27.4. The number of aromatic amines is 1. The molecule has 1 aromatic heterocycles. The molecule has 8 nitrogen and oxygen atoms in total. The van der Waals surface area contributed by atoms with Crippen LogP contribution < -0.4 is 0 Å². The van der Waals surface area contributed by atoms with E-state index in [0.29, 0.717) is 17.9 Å². The molecule has 1 spiro atoms. The molecule has 3 heterocycles. The summed E-state index contributed by atoms with van der Waals surface area (Å²) < 4.78 is 18.9. The van der Waals surface area contributed by atoms with Gasteiger partial charge in [0.1, 0.15) is 29.6 Å². The van der Waals surface area contributed by atoms with Gasteiger partial charge in [-0.05, 0) is 31.4 Å². The van der Waals surface area contributed by atoms with Crippen molar-refractivity contribution in [2.24, 2.45) is 35.5 Å². The second-order valence-corrected chi connectivity index (χ2v) is 11.9. The molecule has 2 fully saturated rings. The normalized spacial score (nSPS) is 44.1. The van der Waals surface area contributed by atoms with Gasteiger partial charge in [-0.2, -0.15) is 0 Å². The van der Waals surface area contributed by atoms with Crippen LogP contribution in [0.2, 0.25) is 5.02 Å². The number of hydrogen-bond donors (Lipinski definition) is 3. The molecule has 2 aliphatic carbocycles. The molecule has 0 radical (unpaired) electrons. The van der Waals surface area contributed by atoms with Crippen LogP contribution in [0, 0.1) is 35.5 Å². The lowest BCUT2D eigenvalue weighted by atomic mass is 9.56. The molecule has 1 saturated heterocycles. The molecule has 9 heteroatoms. The van der Waals surface area contributed by atoms with Crippen LogP contribution in [0.25, 0.3) is 0 Å². The Balaban J connectivity index is 1.58. The van der Waals surface area contributed by atoms with Gasteiger partial charge in [-0.1, -0.05) is 57.5 Å². The highest BCUT2D eigenvalue weighted by atomic mass is 35.5. The summed E-state index contributed by atoms with van der Waals surface area (Å²) in [7, 11) is 0. The number of esters is 2. The molecule has 208 valence electrons. The molecule has 4 aliphatic rings. The fourth-order valence-corrected chi connectivity index (χ4v) is 7.62. The fraction of sp³-hybridized carbons (Fsp3) is 0.655. The van der Waals surface area contributed by atoms with Crippen LogP contribution in [0.1, 0.15) is 57.9 Å². The number of cyclic esters (lactones) is 1. The van der Waals surface area contributed by atoms with Crippen LogP contribution in [-0.2, 0) is 19.0 Å². The molecule has 5 rings (SSSR count). The first-order chi connectivity index (χ1) is 18.0. The molecule has 0 aromatic carbocycles. The van der Waals surface area contributed by atoms with Crippen molar-refractivity contribution in [3.63, 3.8) is 0 Å². The van der Waals surface area contributed by atoms with Crippen LogP contribution in [0.3, 0.4) is 0 Å². The quantitative estimate of drug-likeness (QED) is 0.376. The summed E-state index contributed by atoms with van der Waals surface area (Å²) in [5, 5.41) is 22.9. The van der Waals surface area contributed by atoms with Gasteiger partial charge in [0.05, 0.1) is 23.1 Å². The number of rotatable bonds is 5. The molecule has 0 amide bonds. The van der Waals surface area contributed by atoms with Gasteiger partial charge < -0.3 is 29.4 Å². The zero-order chi connectivity index (χ0) is 27.5. The van der Waals surface area contributed by atoms with Crippen molar-refractivity contribution in [2.45, 2.75) is 83.6 Å². The minimum absolute atomic E-state index is 0.201. The third kappa shape index (κ3) is 4.07. The lowest BCUT2D eigenvalue weighted by Crippen LogP contribution is -2.57. The molecule has 2 aliphatic heterocycles. The highest BCUT2D eigenvalue weighted by Gasteiger charge is 2.70. The Hall–Kier alpha value is -2.13. The minimum atomic E-state index is -0.978. The highest BCUT2D eigenvalue weighted by molar-refractivity contribution is 6.30. The number of aliphatic hydroxyl groups excluding tert-OH is 2. The average Bonchev–Trinajstić information content (AvgIpc) is 3.41. The largest absolute Gasteiger partial charge is 0.459 e.